The number of carbonyl (C=O) groups excluding carboxylic acids is 6. The number of amides is 3. The summed E-state index contributed by atoms with van der Waals surface area (Å²) in [5.41, 5.74) is 0. The largest absolute Gasteiger partial charge is 3.00 e. The molecule has 1 radical (unpaired) electrons. The van der Waals surface area contributed by atoms with Crippen LogP contribution in [-0.4, -0.2) is 165 Å². The van der Waals surface area contributed by atoms with Crippen molar-refractivity contribution in [1.29, 1.82) is 0 Å². The van der Waals surface area contributed by atoms with Crippen molar-refractivity contribution in [3.8, 4) is 0 Å². The fourth-order valence-corrected chi connectivity index (χ4v) is 10.6. The molecule has 0 aromatic rings. The number of carboxylic acid groups (broad SMARTS) is 3. The molecule has 0 unspecified atom stereocenters. The van der Waals surface area contributed by atoms with Gasteiger partial charge in [-0.05, 0) is 25.7 Å². The maximum Gasteiger partial charge on any atom is 3.00 e. The van der Waals surface area contributed by atoms with Crippen LogP contribution >= 0.6 is 0 Å². The molecule has 17 heteroatoms. The van der Waals surface area contributed by atoms with Crippen LogP contribution in [0.15, 0.2) is 0 Å². The van der Waals surface area contributed by atoms with Gasteiger partial charge in [0.25, 0.3) is 0 Å². The van der Waals surface area contributed by atoms with Crippen molar-refractivity contribution in [3.63, 3.8) is 0 Å². The molecule has 16 nitrogen and oxygen atoms in total. The number of rotatable bonds is 52. The third-order valence-corrected chi connectivity index (χ3v) is 15.6. The SMILES string of the molecule is CCCCCCCCCCCCCCCCCCN(CCCCCCCCCCCCCCCCCC)C(=O)CNC(=O)CCCCCCCNC(=O)CN1CCN(CC(=O)[O-])CCN(CC(=O)[O-])CCN(CC(=O)[O-])CC1.[Gd+3]. The van der Waals surface area contributed by atoms with Gasteiger partial charge in [0.1, 0.15) is 0 Å². The molecule has 0 aliphatic carbocycles. The average molecular weight is 1260 g/mol. The Kier molecular flexibility index (Phi) is 55.0. The third-order valence-electron chi connectivity index (χ3n) is 15.6. The van der Waals surface area contributed by atoms with E-state index in [4.69, 9.17) is 0 Å². The van der Waals surface area contributed by atoms with Gasteiger partial charge in [0.05, 0.1) is 31.0 Å². The van der Waals surface area contributed by atoms with Gasteiger partial charge < -0.3 is 45.2 Å². The first-order valence-electron chi connectivity index (χ1n) is 32.2. The van der Waals surface area contributed by atoms with Crippen LogP contribution in [0.1, 0.15) is 258 Å². The first kappa shape index (κ1) is 77.0. The zero-order valence-electron chi connectivity index (χ0n) is 50.4. The van der Waals surface area contributed by atoms with Crippen molar-refractivity contribution in [1.82, 2.24) is 35.1 Å². The number of aliphatic carboxylic acids is 3. The van der Waals surface area contributed by atoms with Crippen LogP contribution in [0.5, 0.6) is 0 Å². The third kappa shape index (κ3) is 51.4. The van der Waals surface area contributed by atoms with Gasteiger partial charge in [-0.2, -0.15) is 0 Å². The zero-order valence-corrected chi connectivity index (χ0v) is 52.7. The molecule has 1 aliphatic heterocycles. The van der Waals surface area contributed by atoms with Crippen LogP contribution in [0, 0.1) is 39.9 Å². The van der Waals surface area contributed by atoms with Crippen molar-refractivity contribution < 1.29 is 84.0 Å². The van der Waals surface area contributed by atoms with Crippen molar-refractivity contribution in [3.05, 3.63) is 0 Å². The second-order valence-corrected chi connectivity index (χ2v) is 22.9. The summed E-state index contributed by atoms with van der Waals surface area (Å²) < 4.78 is 0. The molecule has 1 aliphatic rings. The van der Waals surface area contributed by atoms with Gasteiger partial charge in [0.2, 0.25) is 17.7 Å². The molecule has 1 rings (SSSR count). The minimum atomic E-state index is -1.28. The van der Waals surface area contributed by atoms with Crippen LogP contribution < -0.4 is 26.0 Å². The molecule has 3 amide bonds. The van der Waals surface area contributed by atoms with Crippen molar-refractivity contribution >= 4 is 35.6 Å². The second kappa shape index (κ2) is 56.5. The Hall–Kier alpha value is -2.02. The Morgan fingerprint density at radius 2 is 0.608 bits per heavy atom. The smallest absolute Gasteiger partial charge is 0.549 e. The van der Waals surface area contributed by atoms with Gasteiger partial charge in [0, 0.05) is 98.0 Å². The molecule has 1 fully saturated rings. The van der Waals surface area contributed by atoms with E-state index >= 15 is 0 Å². The van der Waals surface area contributed by atoms with E-state index in [1.54, 1.807) is 14.7 Å². The molecule has 2 N–H and O–H groups in total. The molecule has 0 bridgehead atoms. The Balaban J connectivity index is 0.0000608. The minimum Gasteiger partial charge on any atom is -0.549 e. The maximum absolute atomic E-state index is 13.5. The van der Waals surface area contributed by atoms with Gasteiger partial charge in [-0.3, -0.25) is 34.0 Å². The van der Waals surface area contributed by atoms with E-state index in [0.717, 1.165) is 70.9 Å². The molecule has 1 heterocycles. The van der Waals surface area contributed by atoms with E-state index in [-0.39, 0.29) is 130 Å². The molecule has 0 saturated carbocycles. The first-order chi connectivity index (χ1) is 37.9. The fourth-order valence-electron chi connectivity index (χ4n) is 10.6. The number of hydrogen-bond acceptors (Lipinski definition) is 13. The summed E-state index contributed by atoms with van der Waals surface area (Å²) in [7, 11) is 0. The van der Waals surface area contributed by atoms with Gasteiger partial charge in [-0.1, -0.05) is 226 Å². The Morgan fingerprint density at radius 1 is 0.342 bits per heavy atom. The van der Waals surface area contributed by atoms with Crippen LogP contribution in [0.4, 0.5) is 0 Å². The minimum absolute atomic E-state index is 0. The van der Waals surface area contributed by atoms with Gasteiger partial charge in [-0.25, -0.2) is 0 Å². The predicted molar refractivity (Wildman–Crippen MR) is 310 cm³/mol. The van der Waals surface area contributed by atoms with Gasteiger partial charge >= 0.3 is 39.9 Å². The summed E-state index contributed by atoms with van der Waals surface area (Å²) in [6.45, 7) is 7.76. The normalized spacial score (nSPS) is 14.3. The Labute approximate surface area is 513 Å². The first-order valence-corrected chi connectivity index (χ1v) is 32.2. The molecule has 0 aromatic heterocycles. The monoisotopic (exact) mass is 1260 g/mol. The predicted octanol–water partition coefficient (Wildman–Crippen LogP) is 7.38. The molecule has 79 heavy (non-hydrogen) atoms. The van der Waals surface area contributed by atoms with Crippen LogP contribution in [-0.2, 0) is 28.8 Å². The quantitative estimate of drug-likeness (QED) is 0.0570. The van der Waals surface area contributed by atoms with E-state index in [0.29, 0.717) is 26.1 Å². The van der Waals surface area contributed by atoms with E-state index in [9.17, 15) is 44.1 Å². The van der Waals surface area contributed by atoms with Crippen molar-refractivity contribution in [2.24, 2.45) is 0 Å². The molecule has 0 spiro atoms. The van der Waals surface area contributed by atoms with E-state index in [1.807, 2.05) is 9.80 Å². The summed E-state index contributed by atoms with van der Waals surface area (Å²) >= 11 is 0. The van der Waals surface area contributed by atoms with Crippen molar-refractivity contribution in [2.45, 2.75) is 258 Å². The topological polar surface area (TPSA) is 212 Å². The molecule has 461 valence electrons. The van der Waals surface area contributed by atoms with E-state index in [1.165, 1.54) is 180 Å². The number of nitrogens with zero attached hydrogens (tertiary/aromatic N) is 5. The number of carboxylic acids is 3. The molecule has 1 saturated heterocycles. The van der Waals surface area contributed by atoms with Crippen molar-refractivity contribution in [2.75, 3.05) is 105 Å². The Morgan fingerprint density at radius 3 is 0.911 bits per heavy atom. The molecular weight excluding hydrogens is 1140 g/mol. The summed E-state index contributed by atoms with van der Waals surface area (Å²) in [6.07, 6.45) is 46.7. The fraction of sp³-hybridized carbons (Fsp3) is 0.903. The van der Waals surface area contributed by atoms with E-state index < -0.39 is 17.9 Å². The molecule has 0 atom stereocenters. The second-order valence-electron chi connectivity index (χ2n) is 22.9. The number of carbonyl (C=O) groups is 6. The summed E-state index contributed by atoms with van der Waals surface area (Å²) in [4.78, 5) is 82.4. The maximum atomic E-state index is 13.5. The van der Waals surface area contributed by atoms with E-state index in [2.05, 4.69) is 24.5 Å². The standard InChI is InChI=1S/C62H119N7O9.Gd/c1-3-5-7-9-11-13-15-17-19-21-23-25-27-29-34-38-42-69(43-39-35-30-28-26-24-22-20-18-16-14-12-10-8-6-4-2)59(72)52-64-57(70)40-36-32-31-33-37-41-63-58(71)53-65-44-46-66(54-60(73)74)48-50-68(56-62(77)78)51-49-67(47-45-65)55-61(75)76;/h3-56H2,1-2H3,(H,63,71)(H,64,70)(H,73,74)(H,75,76)(H,77,78);/q;+3/p-3. The van der Waals surface area contributed by atoms with Crippen LogP contribution in [0.25, 0.3) is 0 Å². The average Bonchev–Trinajstić information content (AvgIpc) is 3.40. The summed E-state index contributed by atoms with van der Waals surface area (Å²) in [5, 5.41) is 40.2. The summed E-state index contributed by atoms with van der Waals surface area (Å²) in [6, 6.07) is 0. The van der Waals surface area contributed by atoms with Gasteiger partial charge in [0.15, 0.2) is 0 Å². The van der Waals surface area contributed by atoms with Crippen LogP contribution in [0.3, 0.4) is 0 Å². The van der Waals surface area contributed by atoms with Gasteiger partial charge in [-0.15, -0.1) is 0 Å². The number of nitrogens with one attached hydrogen (secondary N) is 2. The number of unbranched alkanes of at least 4 members (excludes halogenated alkanes) is 34. The molecular formula is C62H116GdN7O9. The van der Waals surface area contributed by atoms with Crippen LogP contribution in [0.2, 0.25) is 0 Å². The summed E-state index contributed by atoms with van der Waals surface area (Å²) in [5.74, 6) is -4.07. The number of hydrogen-bond donors (Lipinski definition) is 2. The Bertz CT molecular complexity index is 1430. The molecule has 0 aromatic carbocycles. The zero-order chi connectivity index (χ0) is 56.9.